The quantitative estimate of drug-likeness (QED) is 0.266. The first-order valence-electron chi connectivity index (χ1n) is 10.9. The first-order chi connectivity index (χ1) is 15.2. The zero-order valence-electron chi connectivity index (χ0n) is 19.2. The normalized spacial score (nSPS) is 20.8. The highest BCUT2D eigenvalue weighted by atomic mass is 16.7. The summed E-state index contributed by atoms with van der Waals surface area (Å²) in [6.07, 6.45) is 3.87. The molecule has 0 saturated carbocycles. The summed E-state index contributed by atoms with van der Waals surface area (Å²) in [6.45, 7) is 9.49. The highest BCUT2D eigenvalue weighted by Crippen LogP contribution is 2.42. The van der Waals surface area contributed by atoms with Gasteiger partial charge in [-0.1, -0.05) is 20.8 Å². The largest absolute Gasteiger partial charge is 0.459 e. The van der Waals surface area contributed by atoms with E-state index in [0.29, 0.717) is 31.9 Å². The number of carbonyl (C=O) groups excluding carboxylic acids is 1. The molecule has 1 aromatic rings. The number of anilines is 1. The van der Waals surface area contributed by atoms with Gasteiger partial charge in [-0.3, -0.25) is 14.9 Å². The Morgan fingerprint density at radius 1 is 1.34 bits per heavy atom. The van der Waals surface area contributed by atoms with Crippen molar-refractivity contribution in [1.82, 2.24) is 10.3 Å². The number of rotatable bonds is 11. The van der Waals surface area contributed by atoms with Crippen LogP contribution in [0.3, 0.4) is 0 Å². The van der Waals surface area contributed by atoms with E-state index >= 15 is 0 Å². The lowest BCUT2D eigenvalue weighted by molar-refractivity contribution is -0.385. The third-order valence-electron chi connectivity index (χ3n) is 5.31. The topological polar surface area (TPSA) is 136 Å². The van der Waals surface area contributed by atoms with Gasteiger partial charge in [0.25, 0.3) is 11.6 Å². The van der Waals surface area contributed by atoms with Gasteiger partial charge in [-0.15, -0.1) is 0 Å². The predicted octanol–water partition coefficient (Wildman–Crippen LogP) is 2.85. The number of nitro groups is 1. The van der Waals surface area contributed by atoms with Gasteiger partial charge in [0, 0.05) is 38.3 Å². The molecule has 0 spiro atoms. The minimum atomic E-state index is -0.552. The molecule has 32 heavy (non-hydrogen) atoms. The molecular weight excluding hydrogens is 416 g/mol. The van der Waals surface area contributed by atoms with Crippen LogP contribution in [0, 0.1) is 27.4 Å². The van der Waals surface area contributed by atoms with Gasteiger partial charge in [0.05, 0.1) is 4.92 Å². The number of hydrogen-bond donors (Lipinski definition) is 3. The average Bonchev–Trinajstić information content (AvgIpc) is 2.75. The molecule has 10 nitrogen and oxygen atoms in total. The van der Waals surface area contributed by atoms with Crippen molar-refractivity contribution in [2.75, 3.05) is 31.6 Å². The number of nitrogens with zero attached hydrogens (tertiary/aromatic N) is 2. The second kappa shape index (κ2) is 11.8. The molecule has 0 bridgehead atoms. The van der Waals surface area contributed by atoms with Crippen LogP contribution in [0.25, 0.3) is 0 Å². The smallest absolute Gasteiger partial charge is 0.287 e. The molecule has 2 rings (SSSR count). The van der Waals surface area contributed by atoms with Crippen molar-refractivity contribution in [3.05, 3.63) is 40.3 Å². The van der Waals surface area contributed by atoms with Crippen molar-refractivity contribution >= 4 is 17.4 Å². The van der Waals surface area contributed by atoms with Gasteiger partial charge in [0.1, 0.15) is 12.0 Å². The SMILES string of the molecule is CCO[C@@H]1OC(C(=O)NCCNc2ccc([N+](=O)[O-])cn2)=C[C@H](C(C)(C)C)[C@H]1CCCO. The van der Waals surface area contributed by atoms with Gasteiger partial charge >= 0.3 is 0 Å². The fourth-order valence-corrected chi connectivity index (χ4v) is 3.75. The molecule has 2 heterocycles. The summed E-state index contributed by atoms with van der Waals surface area (Å²) in [4.78, 5) is 26.9. The number of amides is 1. The van der Waals surface area contributed by atoms with Crippen molar-refractivity contribution < 1.29 is 24.3 Å². The lowest BCUT2D eigenvalue weighted by Crippen LogP contribution is -2.44. The third kappa shape index (κ3) is 7.16. The second-order valence-corrected chi connectivity index (χ2v) is 8.74. The maximum absolute atomic E-state index is 12.8. The Morgan fingerprint density at radius 2 is 2.09 bits per heavy atom. The fraction of sp³-hybridized carbons (Fsp3) is 0.636. The summed E-state index contributed by atoms with van der Waals surface area (Å²) >= 11 is 0. The lowest BCUT2D eigenvalue weighted by Gasteiger charge is -2.42. The number of aliphatic hydroxyl groups excluding tert-OH is 1. The number of hydrogen-bond acceptors (Lipinski definition) is 8. The molecule has 10 heteroatoms. The summed E-state index contributed by atoms with van der Waals surface area (Å²) in [6, 6.07) is 2.88. The molecule has 1 aromatic heterocycles. The zero-order chi connectivity index (χ0) is 23.7. The number of allylic oxidation sites excluding steroid dienone is 1. The molecule has 0 radical (unpaired) electrons. The molecule has 0 unspecified atom stereocenters. The van der Waals surface area contributed by atoms with Crippen molar-refractivity contribution in [3.63, 3.8) is 0 Å². The number of aromatic nitrogens is 1. The van der Waals surface area contributed by atoms with Gasteiger partial charge < -0.3 is 25.2 Å². The van der Waals surface area contributed by atoms with Crippen LogP contribution in [-0.2, 0) is 14.3 Å². The summed E-state index contributed by atoms with van der Waals surface area (Å²) in [5.41, 5.74) is -0.201. The van der Waals surface area contributed by atoms with Crippen LogP contribution >= 0.6 is 0 Å². The molecule has 1 aliphatic heterocycles. The summed E-state index contributed by atoms with van der Waals surface area (Å²) < 4.78 is 11.7. The minimum Gasteiger partial charge on any atom is -0.459 e. The fourth-order valence-electron chi connectivity index (χ4n) is 3.75. The molecule has 0 aromatic carbocycles. The van der Waals surface area contributed by atoms with Crippen LogP contribution < -0.4 is 10.6 Å². The molecule has 178 valence electrons. The number of pyridine rings is 1. The number of nitrogens with one attached hydrogen (secondary N) is 2. The van der Waals surface area contributed by atoms with Crippen LogP contribution in [0.2, 0.25) is 0 Å². The van der Waals surface area contributed by atoms with Crippen LogP contribution in [0.4, 0.5) is 11.5 Å². The van der Waals surface area contributed by atoms with Crippen molar-refractivity contribution in [1.29, 1.82) is 0 Å². The summed E-state index contributed by atoms with van der Waals surface area (Å²) in [7, 11) is 0. The molecule has 0 fully saturated rings. The van der Waals surface area contributed by atoms with Gasteiger partial charge in [-0.05, 0) is 43.2 Å². The third-order valence-corrected chi connectivity index (χ3v) is 5.31. The molecular formula is C22H34N4O6. The van der Waals surface area contributed by atoms with E-state index in [1.807, 2.05) is 13.0 Å². The number of carbonyl (C=O) groups is 1. The van der Waals surface area contributed by atoms with E-state index in [4.69, 9.17) is 9.47 Å². The molecule has 1 aliphatic rings. The molecule has 3 N–H and O–H groups in total. The highest BCUT2D eigenvalue weighted by molar-refractivity contribution is 5.91. The van der Waals surface area contributed by atoms with E-state index in [0.717, 1.165) is 6.42 Å². The Labute approximate surface area is 188 Å². The summed E-state index contributed by atoms with van der Waals surface area (Å²) in [5, 5.41) is 25.8. The van der Waals surface area contributed by atoms with E-state index in [9.17, 15) is 20.0 Å². The second-order valence-electron chi connectivity index (χ2n) is 8.74. The van der Waals surface area contributed by atoms with E-state index < -0.39 is 11.2 Å². The predicted molar refractivity (Wildman–Crippen MR) is 120 cm³/mol. The lowest BCUT2D eigenvalue weighted by atomic mass is 9.70. The standard InChI is InChI=1S/C22H34N4O6/c1-5-31-21-16(7-6-12-27)17(22(2,3)4)13-18(32-21)20(28)24-11-10-23-19-9-8-15(14-25-19)26(29)30/h8-9,13-14,16-17,21,27H,5-7,10-12H2,1-4H3,(H,23,25)(H,24,28)/t16-,17+,21-/m1/s1. The summed E-state index contributed by atoms with van der Waals surface area (Å²) in [5.74, 6) is 0.463. The maximum Gasteiger partial charge on any atom is 0.287 e. The van der Waals surface area contributed by atoms with Gasteiger partial charge in [-0.2, -0.15) is 0 Å². The Bertz CT molecular complexity index is 791. The first-order valence-corrected chi connectivity index (χ1v) is 10.9. The number of ether oxygens (including phenoxy) is 2. The van der Waals surface area contributed by atoms with Crippen LogP contribution in [0.5, 0.6) is 0 Å². The van der Waals surface area contributed by atoms with Gasteiger partial charge in [-0.25, -0.2) is 4.98 Å². The van der Waals surface area contributed by atoms with Gasteiger partial charge in [0.2, 0.25) is 6.29 Å². The van der Waals surface area contributed by atoms with Crippen molar-refractivity contribution in [2.45, 2.75) is 46.8 Å². The van der Waals surface area contributed by atoms with E-state index in [2.05, 4.69) is 36.4 Å². The van der Waals surface area contributed by atoms with Crippen molar-refractivity contribution in [3.8, 4) is 0 Å². The first kappa shape index (κ1) is 25.5. The monoisotopic (exact) mass is 450 g/mol. The number of aliphatic hydroxyl groups is 1. The van der Waals surface area contributed by atoms with Crippen LogP contribution in [0.1, 0.15) is 40.5 Å². The molecule has 3 atom stereocenters. The average molecular weight is 451 g/mol. The molecule has 0 saturated heterocycles. The van der Waals surface area contributed by atoms with E-state index in [1.165, 1.54) is 18.3 Å². The van der Waals surface area contributed by atoms with E-state index in [-0.39, 0.29) is 41.2 Å². The molecule has 0 aliphatic carbocycles. The molecule has 1 amide bonds. The van der Waals surface area contributed by atoms with Gasteiger partial charge in [0.15, 0.2) is 5.76 Å². The Balaban J connectivity index is 1.99. The van der Waals surface area contributed by atoms with Crippen LogP contribution in [0.15, 0.2) is 30.2 Å². The Morgan fingerprint density at radius 3 is 2.66 bits per heavy atom. The minimum absolute atomic E-state index is 0.0357. The Hall–Kier alpha value is -2.72. The van der Waals surface area contributed by atoms with E-state index in [1.54, 1.807) is 0 Å². The Kier molecular flexibility index (Phi) is 9.40. The van der Waals surface area contributed by atoms with Crippen LogP contribution in [-0.4, -0.2) is 53.5 Å². The highest BCUT2D eigenvalue weighted by Gasteiger charge is 2.42. The van der Waals surface area contributed by atoms with Crippen molar-refractivity contribution in [2.24, 2.45) is 17.3 Å². The maximum atomic E-state index is 12.8. The zero-order valence-corrected chi connectivity index (χ0v) is 19.2.